The number of nitrogens with zero attached hydrogens (tertiary/aromatic N) is 8. The highest BCUT2D eigenvalue weighted by Crippen LogP contribution is 2.40. The molecule has 0 spiro atoms. The van der Waals surface area contributed by atoms with Gasteiger partial charge in [0.25, 0.3) is 10.0 Å². The summed E-state index contributed by atoms with van der Waals surface area (Å²) in [6.45, 7) is 14.3. The molecule has 1 saturated heterocycles. The molecule has 0 amide bonds. The van der Waals surface area contributed by atoms with Crippen LogP contribution in [0.4, 0.5) is 11.6 Å². The third-order valence-electron chi connectivity index (χ3n) is 10.3. The van der Waals surface area contributed by atoms with Gasteiger partial charge in [0.2, 0.25) is 0 Å². The molecule has 264 valence electrons. The third kappa shape index (κ3) is 5.75. The summed E-state index contributed by atoms with van der Waals surface area (Å²) < 4.78 is 36.6. The molecule has 2 aromatic carbocycles. The topological polar surface area (TPSA) is 111 Å². The molecule has 2 aliphatic heterocycles. The van der Waals surface area contributed by atoms with Gasteiger partial charge in [-0.15, -0.1) is 0 Å². The molecule has 1 fully saturated rings. The Labute approximate surface area is 299 Å². The van der Waals surface area contributed by atoms with Crippen molar-refractivity contribution in [3.8, 4) is 11.4 Å². The van der Waals surface area contributed by atoms with Crippen molar-refractivity contribution in [2.45, 2.75) is 90.3 Å². The molecule has 0 bridgehead atoms. The highest BCUT2D eigenvalue weighted by molar-refractivity contribution is 7.90. The zero-order valence-corrected chi connectivity index (χ0v) is 31.6. The molecule has 11 nitrogen and oxygen atoms in total. The van der Waals surface area contributed by atoms with Crippen molar-refractivity contribution in [3.63, 3.8) is 0 Å². The summed E-state index contributed by atoms with van der Waals surface area (Å²) in [6.07, 6.45) is 2.66. The predicted octanol–water partition coefficient (Wildman–Crippen LogP) is 6.73. The van der Waals surface area contributed by atoms with E-state index in [-0.39, 0.29) is 23.0 Å². The van der Waals surface area contributed by atoms with Crippen LogP contribution in [0.5, 0.6) is 0 Å². The number of fused-ring (bicyclic) bond motifs is 2. The number of ether oxygens (including phenoxy) is 1. The average molecular weight is 717 g/mol. The van der Waals surface area contributed by atoms with Crippen LogP contribution in [0.1, 0.15) is 73.3 Å². The summed E-state index contributed by atoms with van der Waals surface area (Å²) in [5, 5.41) is 10.8. The summed E-state index contributed by atoms with van der Waals surface area (Å²) in [4.78, 5) is 15.5. The number of halogens is 1. The van der Waals surface area contributed by atoms with E-state index >= 15 is 0 Å². The Kier molecular flexibility index (Phi) is 8.93. The first-order valence-electron chi connectivity index (χ1n) is 17.3. The zero-order chi connectivity index (χ0) is 35.6. The minimum Gasteiger partial charge on any atom is -0.381 e. The number of anilines is 2. The first-order chi connectivity index (χ1) is 23.8. The number of hydrogen-bond acceptors (Lipinski definition) is 9. The number of benzene rings is 2. The van der Waals surface area contributed by atoms with E-state index in [2.05, 4.69) is 35.7 Å². The smallest absolute Gasteiger partial charge is 0.283 e. The van der Waals surface area contributed by atoms with Crippen LogP contribution in [0.3, 0.4) is 0 Å². The van der Waals surface area contributed by atoms with Crippen LogP contribution < -0.4 is 9.80 Å². The van der Waals surface area contributed by atoms with Gasteiger partial charge < -0.3 is 14.5 Å². The summed E-state index contributed by atoms with van der Waals surface area (Å²) in [7, 11) is -0.219. The molecule has 5 heterocycles. The SMILES string of the molecule is CO[C@@H]1CCN(c2nc(-c3c(C)ccc4c3c(C)nn4S(=O)(=O)c3ccc(C)cc3)nc3c2CN(c2c(Cl)c(C(C)C)nn2C)CC3)[C@H](C)C1. The van der Waals surface area contributed by atoms with Gasteiger partial charge in [-0.1, -0.05) is 49.2 Å². The van der Waals surface area contributed by atoms with Crippen LogP contribution >= 0.6 is 11.6 Å². The summed E-state index contributed by atoms with van der Waals surface area (Å²) in [5.41, 5.74) is 6.78. The third-order valence-corrected chi connectivity index (χ3v) is 12.2. The molecular weight excluding hydrogens is 672 g/mol. The van der Waals surface area contributed by atoms with E-state index in [0.717, 1.165) is 80.7 Å². The maximum absolute atomic E-state index is 13.9. The fourth-order valence-electron chi connectivity index (χ4n) is 7.55. The van der Waals surface area contributed by atoms with Gasteiger partial charge in [0.1, 0.15) is 16.7 Å². The average Bonchev–Trinajstić information content (AvgIpc) is 3.59. The molecule has 0 radical (unpaired) electrons. The minimum atomic E-state index is -3.95. The van der Waals surface area contributed by atoms with Gasteiger partial charge in [0.05, 0.1) is 33.6 Å². The van der Waals surface area contributed by atoms with Crippen molar-refractivity contribution in [1.29, 1.82) is 0 Å². The van der Waals surface area contributed by atoms with Crippen molar-refractivity contribution in [3.05, 3.63) is 75.2 Å². The number of methoxy groups -OCH3 is 1. The van der Waals surface area contributed by atoms with Crippen molar-refractivity contribution in [1.82, 2.24) is 28.9 Å². The van der Waals surface area contributed by atoms with Crippen LogP contribution in [0.25, 0.3) is 22.3 Å². The van der Waals surface area contributed by atoms with Gasteiger partial charge in [0.15, 0.2) is 5.82 Å². The second kappa shape index (κ2) is 13.0. The second-order valence-electron chi connectivity index (χ2n) is 14.1. The number of rotatable bonds is 7. The number of aromatic nitrogens is 6. The summed E-state index contributed by atoms with van der Waals surface area (Å²) in [5.74, 6) is 2.58. The Hall–Kier alpha value is -4.00. The lowest BCUT2D eigenvalue weighted by Crippen LogP contribution is -2.45. The molecule has 2 atom stereocenters. The molecule has 13 heteroatoms. The second-order valence-corrected chi connectivity index (χ2v) is 16.2. The first-order valence-corrected chi connectivity index (χ1v) is 19.1. The molecule has 3 aromatic heterocycles. The maximum Gasteiger partial charge on any atom is 0.283 e. The lowest BCUT2D eigenvalue weighted by Gasteiger charge is -2.40. The molecule has 0 N–H and O–H groups in total. The van der Waals surface area contributed by atoms with Crippen LogP contribution in [0.15, 0.2) is 41.3 Å². The highest BCUT2D eigenvalue weighted by atomic mass is 35.5. The van der Waals surface area contributed by atoms with E-state index in [4.69, 9.17) is 31.4 Å². The van der Waals surface area contributed by atoms with Crippen molar-refractivity contribution in [2.24, 2.45) is 7.05 Å². The van der Waals surface area contributed by atoms with E-state index in [9.17, 15) is 8.42 Å². The molecule has 0 unspecified atom stereocenters. The van der Waals surface area contributed by atoms with Gasteiger partial charge in [-0.2, -0.15) is 22.7 Å². The van der Waals surface area contributed by atoms with E-state index in [1.54, 1.807) is 31.4 Å². The summed E-state index contributed by atoms with van der Waals surface area (Å²) in [6, 6.07) is 10.8. The largest absolute Gasteiger partial charge is 0.381 e. The number of piperidine rings is 1. The maximum atomic E-state index is 13.9. The Bertz CT molecular complexity index is 2210. The van der Waals surface area contributed by atoms with Gasteiger partial charge in [-0.25, -0.2) is 9.97 Å². The minimum absolute atomic E-state index is 0.185. The zero-order valence-electron chi connectivity index (χ0n) is 30.0. The number of aryl methyl sites for hydroxylation is 4. The number of hydrogen-bond donors (Lipinski definition) is 0. The van der Waals surface area contributed by atoms with E-state index in [0.29, 0.717) is 35.0 Å². The first kappa shape index (κ1) is 34.4. The molecule has 5 aromatic rings. The summed E-state index contributed by atoms with van der Waals surface area (Å²) >= 11 is 6.97. The molecule has 7 rings (SSSR count). The van der Waals surface area contributed by atoms with Crippen LogP contribution in [-0.2, 0) is 34.8 Å². The normalized spacial score (nSPS) is 18.4. The lowest BCUT2D eigenvalue weighted by molar-refractivity contribution is 0.0719. The van der Waals surface area contributed by atoms with Gasteiger partial charge >= 0.3 is 0 Å². The van der Waals surface area contributed by atoms with Gasteiger partial charge in [-0.3, -0.25) is 4.68 Å². The van der Waals surface area contributed by atoms with Crippen LogP contribution in [-0.4, -0.2) is 69.7 Å². The van der Waals surface area contributed by atoms with Crippen molar-refractivity contribution >= 4 is 44.2 Å². The van der Waals surface area contributed by atoms with E-state index < -0.39 is 10.0 Å². The fourth-order valence-corrected chi connectivity index (χ4v) is 9.37. The van der Waals surface area contributed by atoms with E-state index in [1.165, 1.54) is 0 Å². The molecule has 50 heavy (non-hydrogen) atoms. The molecule has 2 aliphatic rings. The Morgan fingerprint density at radius 3 is 2.40 bits per heavy atom. The van der Waals surface area contributed by atoms with Crippen molar-refractivity contribution < 1.29 is 13.2 Å². The quantitative estimate of drug-likeness (QED) is 0.181. The lowest BCUT2D eigenvalue weighted by atomic mass is 9.97. The molecule has 0 saturated carbocycles. The van der Waals surface area contributed by atoms with Crippen LogP contribution in [0, 0.1) is 20.8 Å². The Morgan fingerprint density at radius 2 is 1.74 bits per heavy atom. The van der Waals surface area contributed by atoms with Gasteiger partial charge in [0, 0.05) is 62.8 Å². The Balaban J connectivity index is 1.39. The van der Waals surface area contributed by atoms with Crippen molar-refractivity contribution in [2.75, 3.05) is 30.0 Å². The molecule has 0 aliphatic carbocycles. The fraction of sp³-hybridized carbons (Fsp3) is 0.459. The van der Waals surface area contributed by atoms with Crippen LogP contribution in [0.2, 0.25) is 5.02 Å². The Morgan fingerprint density at radius 1 is 1.00 bits per heavy atom. The monoisotopic (exact) mass is 716 g/mol. The standard InChI is InChI=1S/C37H45ClN8O3S/c1-21(2)34-33(38)37(43(7)42-34)44-17-16-29-28(20-44)36(45-18-15-26(49-8)19-24(45)5)40-35(39-29)31-23(4)11-14-30-32(31)25(6)41-46(30)50(47,48)27-12-9-22(3)10-13-27/h9-14,21,24,26H,15-20H2,1-8H3/t24-,26-/m1/s1. The van der Waals surface area contributed by atoms with E-state index in [1.807, 2.05) is 44.6 Å². The predicted molar refractivity (Wildman–Crippen MR) is 198 cm³/mol. The highest BCUT2D eigenvalue weighted by Gasteiger charge is 2.34. The van der Waals surface area contributed by atoms with Gasteiger partial charge in [-0.05, 0) is 70.2 Å². The molecular formula is C37H45ClN8O3S.